The van der Waals surface area contributed by atoms with Crippen LogP contribution in [0, 0.1) is 0 Å². The number of nitrogens with two attached hydrogens (primary N) is 1. The number of carbonyl (C=O) groups is 1. The van der Waals surface area contributed by atoms with Crippen LogP contribution < -0.4 is 5.14 Å². The molecule has 0 aromatic carbocycles. The first-order chi connectivity index (χ1) is 6.40. The molecule has 82 valence electrons. The zero-order valence-electron chi connectivity index (χ0n) is 7.80. The normalized spacial score (nSPS) is 13.3. The van der Waals surface area contributed by atoms with E-state index in [2.05, 4.69) is 20.6 Å². The predicted octanol–water partition coefficient (Wildman–Crippen LogP) is -0.286. The average molecular weight is 223 g/mol. The molecule has 1 atom stereocenters. The molecule has 0 radical (unpaired) electrons. The molecule has 0 saturated carbocycles. The highest BCUT2D eigenvalue weighted by Crippen LogP contribution is 2.04. The Morgan fingerprint density at radius 3 is 2.57 bits per heavy atom. The summed E-state index contributed by atoms with van der Waals surface area (Å²) in [7, 11) is -4.16. The van der Waals surface area contributed by atoms with Crippen molar-refractivity contribution in [1.29, 1.82) is 0 Å². The maximum atomic E-state index is 11.1. The van der Waals surface area contributed by atoms with Gasteiger partial charge in [0.05, 0.1) is 6.61 Å². The number of carbonyl (C=O) groups excluding carboxylic acids is 1. The fourth-order valence-electron chi connectivity index (χ4n) is 0.723. The molecule has 7 heteroatoms. The van der Waals surface area contributed by atoms with E-state index in [1.54, 1.807) is 6.92 Å². The van der Waals surface area contributed by atoms with Gasteiger partial charge in [0.1, 0.15) is 0 Å². The first-order valence-corrected chi connectivity index (χ1v) is 5.36. The zero-order chi connectivity index (χ0) is 11.2. The van der Waals surface area contributed by atoms with Gasteiger partial charge in [0.15, 0.2) is 6.10 Å². The van der Waals surface area contributed by atoms with Gasteiger partial charge in [-0.2, -0.15) is 8.42 Å². The van der Waals surface area contributed by atoms with Crippen molar-refractivity contribution in [3.05, 3.63) is 12.7 Å². The summed E-state index contributed by atoms with van der Waals surface area (Å²) >= 11 is 0. The predicted molar refractivity (Wildman–Crippen MR) is 49.4 cm³/mol. The first kappa shape index (κ1) is 13.1. The number of hydrogen-bond acceptors (Lipinski definition) is 5. The topological polar surface area (TPSA) is 95.7 Å². The van der Waals surface area contributed by atoms with Crippen molar-refractivity contribution >= 4 is 16.3 Å². The molecule has 0 aliphatic rings. The van der Waals surface area contributed by atoms with E-state index in [1.165, 1.54) is 6.08 Å². The van der Waals surface area contributed by atoms with Crippen molar-refractivity contribution < 1.29 is 22.1 Å². The van der Waals surface area contributed by atoms with Crippen molar-refractivity contribution in [2.75, 3.05) is 6.61 Å². The van der Waals surface area contributed by atoms with Crippen molar-refractivity contribution in [3.8, 4) is 0 Å². The Bertz CT molecular complexity index is 297. The van der Waals surface area contributed by atoms with E-state index in [1.807, 2.05) is 0 Å². The smallest absolute Gasteiger partial charge is 0.337 e. The van der Waals surface area contributed by atoms with Crippen LogP contribution in [-0.4, -0.2) is 27.1 Å². The molecular formula is C7H13NO5S. The van der Waals surface area contributed by atoms with E-state index in [9.17, 15) is 13.2 Å². The van der Waals surface area contributed by atoms with E-state index in [-0.39, 0.29) is 13.0 Å². The summed E-state index contributed by atoms with van der Waals surface area (Å²) in [4.78, 5) is 11.1. The van der Waals surface area contributed by atoms with Crippen LogP contribution >= 0.6 is 0 Å². The molecule has 0 aliphatic carbocycles. The first-order valence-electron chi connectivity index (χ1n) is 3.89. The monoisotopic (exact) mass is 223 g/mol. The second kappa shape index (κ2) is 5.74. The van der Waals surface area contributed by atoms with Crippen LogP contribution in [0.4, 0.5) is 0 Å². The van der Waals surface area contributed by atoms with Crippen LogP contribution in [0.5, 0.6) is 0 Å². The third-order valence-corrected chi connectivity index (χ3v) is 1.68. The zero-order valence-corrected chi connectivity index (χ0v) is 8.62. The van der Waals surface area contributed by atoms with Crippen LogP contribution in [0.3, 0.4) is 0 Å². The van der Waals surface area contributed by atoms with Gasteiger partial charge in [-0.15, -0.1) is 6.58 Å². The molecule has 6 nitrogen and oxygen atoms in total. The molecule has 0 aromatic heterocycles. The van der Waals surface area contributed by atoms with Crippen LogP contribution in [0.15, 0.2) is 12.7 Å². The molecule has 0 rings (SSSR count). The molecule has 0 aliphatic heterocycles. The Morgan fingerprint density at radius 1 is 1.64 bits per heavy atom. The minimum Gasteiger partial charge on any atom is -0.464 e. The SMILES string of the molecule is C=CCC(OS(N)(=O)=O)C(=O)OCC. The molecule has 14 heavy (non-hydrogen) atoms. The van der Waals surface area contributed by atoms with Crippen molar-refractivity contribution in [2.24, 2.45) is 5.14 Å². The Hall–Kier alpha value is -0.920. The van der Waals surface area contributed by atoms with E-state index in [4.69, 9.17) is 0 Å². The fourth-order valence-corrected chi connectivity index (χ4v) is 1.20. The van der Waals surface area contributed by atoms with Crippen molar-refractivity contribution in [3.63, 3.8) is 0 Å². The minimum atomic E-state index is -4.16. The highest BCUT2D eigenvalue weighted by atomic mass is 32.2. The van der Waals surface area contributed by atoms with E-state index < -0.39 is 22.4 Å². The molecule has 0 aromatic rings. The summed E-state index contributed by atoms with van der Waals surface area (Å²) in [5.41, 5.74) is 0. The van der Waals surface area contributed by atoms with Gasteiger partial charge in [-0.25, -0.2) is 14.1 Å². The Balaban J connectivity index is 4.43. The molecule has 0 bridgehead atoms. The highest BCUT2D eigenvalue weighted by Gasteiger charge is 2.23. The summed E-state index contributed by atoms with van der Waals surface area (Å²) in [5.74, 6) is -0.776. The van der Waals surface area contributed by atoms with Crippen LogP contribution in [0.25, 0.3) is 0 Å². The molecule has 0 spiro atoms. The van der Waals surface area contributed by atoms with Gasteiger partial charge in [0, 0.05) is 6.42 Å². The third-order valence-electron chi connectivity index (χ3n) is 1.18. The Labute approximate surface area is 82.9 Å². The average Bonchev–Trinajstić information content (AvgIpc) is 2.01. The maximum absolute atomic E-state index is 11.1. The highest BCUT2D eigenvalue weighted by molar-refractivity contribution is 7.84. The lowest BCUT2D eigenvalue weighted by Gasteiger charge is -2.12. The maximum Gasteiger partial charge on any atom is 0.337 e. The molecule has 0 saturated heterocycles. The summed E-state index contributed by atoms with van der Waals surface area (Å²) in [6.07, 6.45) is 0.115. The van der Waals surface area contributed by atoms with Gasteiger partial charge in [-0.05, 0) is 6.92 Å². The molecule has 2 N–H and O–H groups in total. The lowest BCUT2D eigenvalue weighted by Crippen LogP contribution is -2.31. The molecule has 0 fully saturated rings. The van der Waals surface area contributed by atoms with Crippen molar-refractivity contribution in [1.82, 2.24) is 0 Å². The van der Waals surface area contributed by atoms with Crippen LogP contribution in [0.1, 0.15) is 13.3 Å². The number of esters is 1. The number of ether oxygens (including phenoxy) is 1. The number of rotatable bonds is 6. The quantitative estimate of drug-likeness (QED) is 0.493. The summed E-state index contributed by atoms with van der Waals surface area (Å²) in [5, 5.41) is 4.61. The van der Waals surface area contributed by atoms with Crippen LogP contribution in [-0.2, 0) is 24.0 Å². The summed E-state index contributed by atoms with van der Waals surface area (Å²) < 4.78 is 29.9. The molecule has 0 amide bonds. The largest absolute Gasteiger partial charge is 0.464 e. The second-order valence-corrected chi connectivity index (χ2v) is 3.53. The fraction of sp³-hybridized carbons (Fsp3) is 0.571. The second-order valence-electron chi connectivity index (χ2n) is 2.35. The van der Waals surface area contributed by atoms with Gasteiger partial charge in [-0.1, -0.05) is 6.08 Å². The Morgan fingerprint density at radius 2 is 2.21 bits per heavy atom. The number of hydrogen-bond donors (Lipinski definition) is 1. The third kappa shape index (κ3) is 5.68. The van der Waals surface area contributed by atoms with E-state index in [0.29, 0.717) is 0 Å². The van der Waals surface area contributed by atoms with Crippen molar-refractivity contribution in [2.45, 2.75) is 19.4 Å². The molecule has 1 unspecified atom stereocenters. The van der Waals surface area contributed by atoms with Gasteiger partial charge in [0.25, 0.3) is 0 Å². The molecular weight excluding hydrogens is 210 g/mol. The van der Waals surface area contributed by atoms with Gasteiger partial charge in [-0.3, -0.25) is 0 Å². The minimum absolute atomic E-state index is 0.0231. The Kier molecular flexibility index (Phi) is 5.36. The van der Waals surface area contributed by atoms with Crippen LogP contribution in [0.2, 0.25) is 0 Å². The van der Waals surface area contributed by atoms with Gasteiger partial charge in [0.2, 0.25) is 0 Å². The lowest BCUT2D eigenvalue weighted by atomic mass is 10.2. The lowest BCUT2D eigenvalue weighted by molar-refractivity contribution is -0.151. The van der Waals surface area contributed by atoms with Gasteiger partial charge < -0.3 is 4.74 Å². The van der Waals surface area contributed by atoms with E-state index in [0.717, 1.165) is 0 Å². The van der Waals surface area contributed by atoms with Gasteiger partial charge >= 0.3 is 16.3 Å². The van der Waals surface area contributed by atoms with E-state index >= 15 is 0 Å². The summed E-state index contributed by atoms with van der Waals surface area (Å²) in [6, 6.07) is 0. The molecule has 0 heterocycles. The summed E-state index contributed by atoms with van der Waals surface area (Å²) in [6.45, 7) is 5.09. The standard InChI is InChI=1S/C7H13NO5S/c1-3-5-6(7(9)12-4-2)13-14(8,10)11/h3,6H,1,4-5H2,2H3,(H2,8,10,11).